The molecule has 0 radical (unpaired) electrons. The Bertz CT molecular complexity index is 865. The lowest BCUT2D eigenvalue weighted by Gasteiger charge is -2.18. The van der Waals surface area contributed by atoms with E-state index >= 15 is 0 Å². The van der Waals surface area contributed by atoms with Gasteiger partial charge in [0.1, 0.15) is 0 Å². The quantitative estimate of drug-likeness (QED) is 0.787. The first-order valence-electron chi connectivity index (χ1n) is 6.86. The molecule has 2 aromatic heterocycles. The van der Waals surface area contributed by atoms with E-state index in [1.807, 2.05) is 18.2 Å². The smallest absolute Gasteiger partial charge is 0.308 e. The molecule has 3 aromatic rings. The average molecular weight is 333 g/mol. The summed E-state index contributed by atoms with van der Waals surface area (Å²) >= 11 is 3.15. The van der Waals surface area contributed by atoms with Crippen molar-refractivity contribution in [3.05, 3.63) is 35.2 Å². The highest BCUT2D eigenvalue weighted by Gasteiger charge is 2.21. The number of aliphatic carboxylic acids is 1. The Morgan fingerprint density at radius 3 is 2.68 bits per heavy atom. The molecule has 0 saturated carbocycles. The molecule has 1 atom stereocenters. The largest absolute Gasteiger partial charge is 0.481 e. The van der Waals surface area contributed by atoms with E-state index in [1.165, 1.54) is 26.3 Å². The fourth-order valence-electron chi connectivity index (χ4n) is 2.36. The van der Waals surface area contributed by atoms with Gasteiger partial charge in [-0.3, -0.25) is 9.59 Å². The molecule has 114 valence electrons. The summed E-state index contributed by atoms with van der Waals surface area (Å²) in [6, 6.07) is 10.1. The Balaban J connectivity index is 1.89. The number of hydrogen-bond acceptors (Lipinski definition) is 4. The summed E-state index contributed by atoms with van der Waals surface area (Å²) in [4.78, 5) is 25.5. The molecule has 1 unspecified atom stereocenters. The van der Waals surface area contributed by atoms with Gasteiger partial charge >= 0.3 is 5.97 Å². The third-order valence-corrected chi connectivity index (χ3v) is 5.98. The molecule has 0 aliphatic rings. The summed E-state index contributed by atoms with van der Waals surface area (Å²) < 4.78 is 3.45. The predicted octanol–water partition coefficient (Wildman–Crippen LogP) is 3.91. The van der Waals surface area contributed by atoms with Crippen LogP contribution in [0.25, 0.3) is 19.5 Å². The number of nitrogens with zero attached hydrogens (tertiary/aromatic N) is 1. The highest BCUT2D eigenvalue weighted by atomic mass is 32.1. The number of carbonyl (C=O) groups excluding carboxylic acids is 1. The van der Waals surface area contributed by atoms with Crippen LogP contribution >= 0.6 is 22.7 Å². The van der Waals surface area contributed by atoms with Crippen molar-refractivity contribution >= 4 is 54.0 Å². The van der Waals surface area contributed by atoms with Crippen molar-refractivity contribution in [1.29, 1.82) is 0 Å². The van der Waals surface area contributed by atoms with Crippen LogP contribution in [0.3, 0.4) is 0 Å². The van der Waals surface area contributed by atoms with E-state index < -0.39 is 11.9 Å². The molecule has 0 aliphatic heterocycles. The number of fused-ring (bicyclic) bond motifs is 3. The molecular formula is C16H15NO3S2. The Labute approximate surface area is 135 Å². The number of carboxylic acids is 1. The molecule has 1 N–H and O–H groups in total. The van der Waals surface area contributed by atoms with Gasteiger partial charge in [0.2, 0.25) is 0 Å². The van der Waals surface area contributed by atoms with E-state index in [-0.39, 0.29) is 12.5 Å². The summed E-state index contributed by atoms with van der Waals surface area (Å²) in [6.07, 6.45) is 0. The first-order valence-corrected chi connectivity index (χ1v) is 8.50. The maximum Gasteiger partial charge on any atom is 0.308 e. The molecule has 4 nitrogen and oxygen atoms in total. The summed E-state index contributed by atoms with van der Waals surface area (Å²) in [5, 5.41) is 10.1. The Hall–Kier alpha value is -1.92. The molecule has 3 rings (SSSR count). The lowest BCUT2D eigenvalue weighted by atomic mass is 10.2. The Morgan fingerprint density at radius 1 is 1.23 bits per heavy atom. The van der Waals surface area contributed by atoms with E-state index in [2.05, 4.69) is 12.1 Å². The van der Waals surface area contributed by atoms with Crippen LogP contribution in [0, 0.1) is 5.92 Å². The number of carbonyl (C=O) groups is 2. The molecule has 6 heteroatoms. The van der Waals surface area contributed by atoms with Crippen LogP contribution in [0.1, 0.15) is 16.6 Å². The van der Waals surface area contributed by atoms with Crippen LogP contribution in [0.5, 0.6) is 0 Å². The van der Waals surface area contributed by atoms with E-state index in [4.69, 9.17) is 5.11 Å². The first-order chi connectivity index (χ1) is 10.5. The normalized spacial score (nSPS) is 12.6. The second-order valence-corrected chi connectivity index (χ2v) is 7.46. The van der Waals surface area contributed by atoms with Crippen molar-refractivity contribution in [2.24, 2.45) is 5.92 Å². The number of thiophene rings is 2. The van der Waals surface area contributed by atoms with Gasteiger partial charge in [-0.15, -0.1) is 22.7 Å². The van der Waals surface area contributed by atoms with Gasteiger partial charge < -0.3 is 10.0 Å². The van der Waals surface area contributed by atoms with E-state index in [0.717, 1.165) is 9.40 Å². The lowest BCUT2D eigenvalue weighted by molar-refractivity contribution is -0.141. The number of rotatable bonds is 4. The van der Waals surface area contributed by atoms with Crippen LogP contribution in [0.15, 0.2) is 30.3 Å². The second-order valence-electron chi connectivity index (χ2n) is 5.33. The van der Waals surface area contributed by atoms with Crippen LogP contribution < -0.4 is 0 Å². The SMILES string of the molecule is CC(CN(C)C(=O)c1cc2sc3ccccc3c2s1)C(=O)O. The predicted molar refractivity (Wildman–Crippen MR) is 91.0 cm³/mol. The van der Waals surface area contributed by atoms with Crippen molar-refractivity contribution in [2.45, 2.75) is 6.92 Å². The maximum absolute atomic E-state index is 12.5. The minimum atomic E-state index is -0.891. The molecule has 0 bridgehead atoms. The number of amides is 1. The van der Waals surface area contributed by atoms with Gasteiger partial charge in [0.15, 0.2) is 0 Å². The molecule has 1 aromatic carbocycles. The summed E-state index contributed by atoms with van der Waals surface area (Å²) in [7, 11) is 1.65. The van der Waals surface area contributed by atoms with Crippen LogP contribution in [0.2, 0.25) is 0 Å². The van der Waals surface area contributed by atoms with Crippen molar-refractivity contribution in [3.63, 3.8) is 0 Å². The second kappa shape index (κ2) is 5.70. The molecule has 0 aliphatic carbocycles. The van der Waals surface area contributed by atoms with Gasteiger partial charge in [-0.1, -0.05) is 25.1 Å². The van der Waals surface area contributed by atoms with Crippen LogP contribution in [-0.2, 0) is 4.79 Å². The third-order valence-electron chi connectivity index (χ3n) is 3.58. The molecule has 0 saturated heterocycles. The van der Waals surface area contributed by atoms with Gasteiger partial charge in [-0.2, -0.15) is 0 Å². The van der Waals surface area contributed by atoms with Crippen LogP contribution in [0.4, 0.5) is 0 Å². The number of hydrogen-bond donors (Lipinski definition) is 1. The molecular weight excluding hydrogens is 318 g/mol. The standard InChI is InChI=1S/C16H15NO3S2/c1-9(16(19)20)8-17(2)15(18)13-7-12-14(22-13)10-5-3-4-6-11(10)21-12/h3-7,9H,8H2,1-2H3,(H,19,20). The topological polar surface area (TPSA) is 57.6 Å². The number of carboxylic acid groups (broad SMARTS) is 1. The zero-order valence-electron chi connectivity index (χ0n) is 12.2. The molecule has 22 heavy (non-hydrogen) atoms. The van der Waals surface area contributed by atoms with E-state index in [0.29, 0.717) is 4.88 Å². The van der Waals surface area contributed by atoms with Crippen molar-refractivity contribution in [3.8, 4) is 0 Å². The fourth-order valence-corrected chi connectivity index (χ4v) is 4.88. The minimum absolute atomic E-state index is 0.120. The van der Waals surface area contributed by atoms with Gasteiger partial charge in [0, 0.05) is 28.4 Å². The molecule has 2 heterocycles. The fraction of sp³-hybridized carbons (Fsp3) is 0.250. The average Bonchev–Trinajstić information content (AvgIpc) is 3.03. The Morgan fingerprint density at radius 2 is 1.95 bits per heavy atom. The zero-order valence-corrected chi connectivity index (χ0v) is 13.8. The summed E-state index contributed by atoms with van der Waals surface area (Å²) in [5.41, 5.74) is 0. The van der Waals surface area contributed by atoms with Gasteiger partial charge in [0.25, 0.3) is 5.91 Å². The van der Waals surface area contributed by atoms with Crippen LogP contribution in [-0.4, -0.2) is 35.5 Å². The third kappa shape index (κ3) is 2.60. The summed E-state index contributed by atoms with van der Waals surface area (Å²) in [5.74, 6) is -1.58. The van der Waals surface area contributed by atoms with E-state index in [1.54, 1.807) is 25.3 Å². The van der Waals surface area contributed by atoms with Crippen molar-refractivity contribution < 1.29 is 14.7 Å². The lowest BCUT2D eigenvalue weighted by Crippen LogP contribution is -2.33. The molecule has 0 spiro atoms. The van der Waals surface area contributed by atoms with Crippen molar-refractivity contribution in [1.82, 2.24) is 4.90 Å². The summed E-state index contributed by atoms with van der Waals surface area (Å²) in [6.45, 7) is 1.81. The molecule has 1 amide bonds. The zero-order chi connectivity index (χ0) is 15.9. The minimum Gasteiger partial charge on any atom is -0.481 e. The highest BCUT2D eigenvalue weighted by Crippen LogP contribution is 2.39. The van der Waals surface area contributed by atoms with Gasteiger partial charge in [-0.25, -0.2) is 0 Å². The molecule has 0 fully saturated rings. The van der Waals surface area contributed by atoms with Gasteiger partial charge in [-0.05, 0) is 12.1 Å². The monoisotopic (exact) mass is 333 g/mol. The Kier molecular flexibility index (Phi) is 3.88. The van der Waals surface area contributed by atoms with Crippen molar-refractivity contribution in [2.75, 3.05) is 13.6 Å². The maximum atomic E-state index is 12.5. The van der Waals surface area contributed by atoms with E-state index in [9.17, 15) is 9.59 Å². The first kappa shape index (κ1) is 15.0. The number of benzene rings is 1. The van der Waals surface area contributed by atoms with Gasteiger partial charge in [0.05, 0.1) is 15.5 Å². The highest BCUT2D eigenvalue weighted by molar-refractivity contribution is 7.33.